The second kappa shape index (κ2) is 1.50. The molecule has 3 unspecified atom stereocenters. The zero-order valence-electron chi connectivity index (χ0n) is 5.63. The van der Waals surface area contributed by atoms with Crippen LogP contribution in [0.15, 0.2) is 0 Å². The molecule has 0 spiro atoms. The third-order valence-electron chi connectivity index (χ3n) is 2.58. The van der Waals surface area contributed by atoms with Crippen molar-refractivity contribution in [3.05, 3.63) is 0 Å². The molecule has 2 heteroatoms. The average molecular weight is 128 g/mol. The quantitative estimate of drug-likeness (QED) is 0.487. The van der Waals surface area contributed by atoms with Gasteiger partial charge in [-0.1, -0.05) is 0 Å². The van der Waals surface area contributed by atoms with E-state index in [-0.39, 0.29) is 11.7 Å². The normalized spacial score (nSPS) is 56.7. The lowest BCUT2D eigenvalue weighted by molar-refractivity contribution is 0.0744. The largest absolute Gasteiger partial charge is 0.390 e. The number of fused-ring (bicyclic) bond motifs is 1. The van der Waals surface area contributed by atoms with E-state index in [9.17, 15) is 5.11 Å². The van der Waals surface area contributed by atoms with Crippen LogP contribution in [0.2, 0.25) is 0 Å². The summed E-state index contributed by atoms with van der Waals surface area (Å²) >= 11 is 0. The summed E-state index contributed by atoms with van der Waals surface area (Å²) in [5, 5.41) is 9.35. The molecule has 0 aromatic heterocycles. The van der Waals surface area contributed by atoms with Gasteiger partial charge in [0.25, 0.3) is 0 Å². The van der Waals surface area contributed by atoms with Gasteiger partial charge in [0.05, 0.1) is 12.2 Å². The lowest BCUT2D eigenvalue weighted by Crippen LogP contribution is -2.32. The molecule has 2 rings (SSSR count). The number of hydrogen-bond donors (Lipinski definition) is 1. The Morgan fingerprint density at radius 2 is 2.33 bits per heavy atom. The Morgan fingerprint density at radius 1 is 1.56 bits per heavy atom. The SMILES string of the molecule is CC12OC1CCCC2O. The van der Waals surface area contributed by atoms with E-state index in [1.165, 1.54) is 0 Å². The molecular weight excluding hydrogens is 116 g/mol. The van der Waals surface area contributed by atoms with Crippen LogP contribution in [-0.2, 0) is 4.74 Å². The van der Waals surface area contributed by atoms with E-state index in [1.54, 1.807) is 0 Å². The van der Waals surface area contributed by atoms with Crippen molar-refractivity contribution < 1.29 is 9.84 Å². The predicted molar refractivity (Wildman–Crippen MR) is 33.1 cm³/mol. The average Bonchev–Trinajstić information content (AvgIpc) is 2.44. The molecule has 2 aliphatic rings. The summed E-state index contributed by atoms with van der Waals surface area (Å²) in [6, 6.07) is 0. The van der Waals surface area contributed by atoms with Crippen molar-refractivity contribution in [2.45, 2.75) is 44.0 Å². The maximum Gasteiger partial charge on any atom is 0.118 e. The topological polar surface area (TPSA) is 32.8 Å². The van der Waals surface area contributed by atoms with Gasteiger partial charge >= 0.3 is 0 Å². The molecule has 1 aliphatic carbocycles. The first-order valence-electron chi connectivity index (χ1n) is 3.59. The van der Waals surface area contributed by atoms with Gasteiger partial charge in [0.15, 0.2) is 0 Å². The maximum absolute atomic E-state index is 9.35. The van der Waals surface area contributed by atoms with E-state index < -0.39 is 0 Å². The van der Waals surface area contributed by atoms with Crippen LogP contribution in [0.3, 0.4) is 0 Å². The molecule has 3 atom stereocenters. The number of ether oxygens (including phenoxy) is 1. The Labute approximate surface area is 54.8 Å². The highest BCUT2D eigenvalue weighted by Crippen LogP contribution is 2.47. The number of epoxide rings is 1. The zero-order chi connectivity index (χ0) is 6.48. The fourth-order valence-electron chi connectivity index (χ4n) is 1.69. The fraction of sp³-hybridized carbons (Fsp3) is 1.00. The van der Waals surface area contributed by atoms with Crippen molar-refractivity contribution in [3.63, 3.8) is 0 Å². The maximum atomic E-state index is 9.35. The standard InChI is InChI=1S/C7H12O2/c1-7-5(8)3-2-4-6(7)9-7/h5-6,8H,2-4H2,1H3. The monoisotopic (exact) mass is 128 g/mol. The van der Waals surface area contributed by atoms with Crippen LogP contribution >= 0.6 is 0 Å². The number of aliphatic hydroxyl groups excluding tert-OH is 1. The van der Waals surface area contributed by atoms with Crippen LogP contribution in [0.25, 0.3) is 0 Å². The van der Waals surface area contributed by atoms with Crippen molar-refractivity contribution in [2.24, 2.45) is 0 Å². The van der Waals surface area contributed by atoms with E-state index in [0.29, 0.717) is 6.10 Å². The van der Waals surface area contributed by atoms with E-state index in [0.717, 1.165) is 19.3 Å². The van der Waals surface area contributed by atoms with Gasteiger partial charge in [-0.05, 0) is 26.2 Å². The molecule has 1 saturated carbocycles. The van der Waals surface area contributed by atoms with Crippen molar-refractivity contribution >= 4 is 0 Å². The van der Waals surface area contributed by atoms with Crippen molar-refractivity contribution in [3.8, 4) is 0 Å². The van der Waals surface area contributed by atoms with E-state index in [2.05, 4.69) is 0 Å². The number of hydrogen-bond acceptors (Lipinski definition) is 2. The Hall–Kier alpha value is -0.0800. The third kappa shape index (κ3) is 0.634. The highest BCUT2D eigenvalue weighted by molar-refractivity contribution is 5.06. The zero-order valence-corrected chi connectivity index (χ0v) is 5.63. The molecule has 0 bridgehead atoms. The highest BCUT2D eigenvalue weighted by Gasteiger charge is 2.58. The summed E-state index contributed by atoms with van der Waals surface area (Å²) in [4.78, 5) is 0. The van der Waals surface area contributed by atoms with E-state index >= 15 is 0 Å². The van der Waals surface area contributed by atoms with Gasteiger partial charge in [-0.15, -0.1) is 0 Å². The predicted octanol–water partition coefficient (Wildman–Crippen LogP) is 0.689. The molecule has 0 amide bonds. The van der Waals surface area contributed by atoms with Crippen LogP contribution in [0.5, 0.6) is 0 Å². The molecule has 9 heavy (non-hydrogen) atoms. The summed E-state index contributed by atoms with van der Waals surface area (Å²) in [5.74, 6) is 0. The minimum Gasteiger partial charge on any atom is -0.390 e. The van der Waals surface area contributed by atoms with E-state index in [4.69, 9.17) is 4.74 Å². The molecule has 0 radical (unpaired) electrons. The van der Waals surface area contributed by atoms with Crippen LogP contribution < -0.4 is 0 Å². The first-order chi connectivity index (χ1) is 4.23. The number of rotatable bonds is 0. The Morgan fingerprint density at radius 3 is 2.89 bits per heavy atom. The minimum atomic E-state index is -0.198. The lowest BCUT2D eigenvalue weighted by atomic mass is 9.88. The van der Waals surface area contributed by atoms with E-state index in [1.807, 2.05) is 6.92 Å². The van der Waals surface area contributed by atoms with Crippen LogP contribution in [0.1, 0.15) is 26.2 Å². The first kappa shape index (κ1) is 5.69. The Kier molecular flexibility index (Phi) is 0.945. The molecule has 1 aliphatic heterocycles. The van der Waals surface area contributed by atoms with Gasteiger partial charge in [0.2, 0.25) is 0 Å². The molecule has 0 aromatic carbocycles. The summed E-state index contributed by atoms with van der Waals surface area (Å²) in [6.07, 6.45) is 3.37. The third-order valence-corrected chi connectivity index (χ3v) is 2.58. The van der Waals surface area contributed by atoms with Gasteiger partial charge < -0.3 is 9.84 Å². The smallest absolute Gasteiger partial charge is 0.118 e. The van der Waals surface area contributed by atoms with Crippen LogP contribution in [0, 0.1) is 0 Å². The van der Waals surface area contributed by atoms with Crippen molar-refractivity contribution in [1.29, 1.82) is 0 Å². The summed E-state index contributed by atoms with van der Waals surface area (Å²) in [5.41, 5.74) is -0.141. The molecule has 1 heterocycles. The van der Waals surface area contributed by atoms with Gasteiger partial charge in [-0.2, -0.15) is 0 Å². The molecule has 1 saturated heterocycles. The number of aliphatic hydroxyl groups is 1. The second-order valence-electron chi connectivity index (χ2n) is 3.24. The summed E-state index contributed by atoms with van der Waals surface area (Å²) < 4.78 is 5.33. The Bertz CT molecular complexity index is 135. The Balaban J connectivity index is 2.10. The van der Waals surface area contributed by atoms with Gasteiger partial charge in [-0.25, -0.2) is 0 Å². The van der Waals surface area contributed by atoms with Crippen molar-refractivity contribution in [1.82, 2.24) is 0 Å². The van der Waals surface area contributed by atoms with Crippen LogP contribution in [-0.4, -0.2) is 22.9 Å². The summed E-state index contributed by atoms with van der Waals surface area (Å²) in [6.45, 7) is 2.00. The molecule has 52 valence electrons. The lowest BCUT2D eigenvalue weighted by Gasteiger charge is -2.18. The fourth-order valence-corrected chi connectivity index (χ4v) is 1.69. The van der Waals surface area contributed by atoms with Gasteiger partial charge in [0.1, 0.15) is 5.60 Å². The van der Waals surface area contributed by atoms with Crippen LogP contribution in [0.4, 0.5) is 0 Å². The molecule has 2 nitrogen and oxygen atoms in total. The minimum absolute atomic E-state index is 0.141. The highest BCUT2D eigenvalue weighted by atomic mass is 16.6. The second-order valence-corrected chi connectivity index (χ2v) is 3.24. The van der Waals surface area contributed by atoms with Gasteiger partial charge in [0, 0.05) is 0 Å². The van der Waals surface area contributed by atoms with Crippen molar-refractivity contribution in [2.75, 3.05) is 0 Å². The summed E-state index contributed by atoms with van der Waals surface area (Å²) in [7, 11) is 0. The molecule has 2 fully saturated rings. The molecule has 0 aromatic rings. The molecule has 1 N–H and O–H groups in total. The molecular formula is C7H12O2. The van der Waals surface area contributed by atoms with Gasteiger partial charge in [-0.3, -0.25) is 0 Å². The first-order valence-corrected chi connectivity index (χ1v) is 3.59.